The minimum atomic E-state index is -4.19. The molecule has 0 spiro atoms. The van der Waals surface area contributed by atoms with Gasteiger partial charge >= 0.3 is 6.18 Å². The number of rotatable bonds is 3. The molecule has 2 atom stereocenters. The normalized spacial score (nSPS) is 22.7. The van der Waals surface area contributed by atoms with Crippen molar-refractivity contribution in [2.45, 2.75) is 37.9 Å². The summed E-state index contributed by atoms with van der Waals surface area (Å²) in [5, 5.41) is 2.65. The van der Waals surface area contributed by atoms with Crippen molar-refractivity contribution >= 4 is 5.91 Å². The maximum Gasteiger partial charge on any atom is 0.391 e. The molecule has 116 valence electrons. The van der Waals surface area contributed by atoms with Gasteiger partial charge in [0.25, 0.3) is 5.91 Å². The van der Waals surface area contributed by atoms with Gasteiger partial charge in [0.05, 0.1) is 18.6 Å². The van der Waals surface area contributed by atoms with Crippen LogP contribution in [0.5, 0.6) is 5.88 Å². The molecule has 0 bridgehead atoms. The maximum absolute atomic E-state index is 12.7. The number of alkyl halides is 3. The first kappa shape index (κ1) is 15.6. The van der Waals surface area contributed by atoms with E-state index in [1.807, 2.05) is 0 Å². The van der Waals surface area contributed by atoms with Crippen LogP contribution in [-0.2, 0) is 0 Å². The molecule has 1 aromatic heterocycles. The predicted octanol–water partition coefficient (Wildman–Crippen LogP) is 2.94. The van der Waals surface area contributed by atoms with Crippen molar-refractivity contribution in [1.82, 2.24) is 10.3 Å². The van der Waals surface area contributed by atoms with Gasteiger partial charge < -0.3 is 10.1 Å². The van der Waals surface area contributed by atoms with Crippen molar-refractivity contribution < 1.29 is 22.7 Å². The maximum atomic E-state index is 12.7. The highest BCUT2D eigenvalue weighted by atomic mass is 19.4. The third-order valence-corrected chi connectivity index (χ3v) is 3.68. The van der Waals surface area contributed by atoms with Gasteiger partial charge in [0.15, 0.2) is 0 Å². The number of carbonyl (C=O) groups is 1. The fraction of sp³-hybridized carbons (Fsp3) is 0.571. The lowest BCUT2D eigenvalue weighted by Gasteiger charge is -2.31. The highest BCUT2D eigenvalue weighted by molar-refractivity contribution is 5.94. The summed E-state index contributed by atoms with van der Waals surface area (Å²) in [5.41, 5.74) is 0.310. The van der Waals surface area contributed by atoms with E-state index in [1.54, 1.807) is 0 Å². The lowest BCUT2D eigenvalue weighted by Crippen LogP contribution is -2.41. The minimum Gasteiger partial charge on any atom is -0.481 e. The smallest absolute Gasteiger partial charge is 0.391 e. The Morgan fingerprint density at radius 3 is 2.71 bits per heavy atom. The van der Waals surface area contributed by atoms with Crippen LogP contribution in [0.25, 0.3) is 0 Å². The summed E-state index contributed by atoms with van der Waals surface area (Å²) >= 11 is 0. The van der Waals surface area contributed by atoms with Gasteiger partial charge in [0, 0.05) is 18.3 Å². The molecule has 7 heteroatoms. The lowest BCUT2D eigenvalue weighted by molar-refractivity contribution is -0.183. The second-order valence-electron chi connectivity index (χ2n) is 5.16. The van der Waals surface area contributed by atoms with Crippen molar-refractivity contribution in [3.05, 3.63) is 23.9 Å². The van der Waals surface area contributed by atoms with Gasteiger partial charge in [-0.15, -0.1) is 0 Å². The molecule has 1 amide bonds. The third-order valence-electron chi connectivity index (χ3n) is 3.68. The molecule has 1 N–H and O–H groups in total. The molecule has 1 aliphatic rings. The van der Waals surface area contributed by atoms with E-state index in [9.17, 15) is 18.0 Å². The van der Waals surface area contributed by atoms with Crippen molar-refractivity contribution in [2.24, 2.45) is 5.92 Å². The van der Waals surface area contributed by atoms with Crippen LogP contribution in [0.15, 0.2) is 18.3 Å². The number of halogens is 3. The van der Waals surface area contributed by atoms with Gasteiger partial charge in [-0.05, 0) is 25.3 Å². The van der Waals surface area contributed by atoms with Gasteiger partial charge in [0.2, 0.25) is 5.88 Å². The fourth-order valence-electron chi connectivity index (χ4n) is 2.52. The van der Waals surface area contributed by atoms with E-state index in [2.05, 4.69) is 10.3 Å². The average Bonchev–Trinajstić information content (AvgIpc) is 2.47. The Balaban J connectivity index is 1.95. The molecule has 0 unspecified atom stereocenters. The topological polar surface area (TPSA) is 51.2 Å². The van der Waals surface area contributed by atoms with E-state index < -0.39 is 24.0 Å². The number of aromatic nitrogens is 1. The standard InChI is InChI=1S/C14H17F3N2O2/c1-21-12-6-5-9(8-18-12)13(20)19-11-4-2-3-10(7-11)14(15,16)17/h5-6,8,10-11H,2-4,7H2,1H3,(H,19,20)/t10-,11-/m0/s1. The number of nitrogens with one attached hydrogen (secondary N) is 1. The van der Waals surface area contributed by atoms with Crippen molar-refractivity contribution in [1.29, 1.82) is 0 Å². The number of hydrogen-bond donors (Lipinski definition) is 1. The molecule has 0 aromatic carbocycles. The highest BCUT2D eigenvalue weighted by Gasteiger charge is 2.42. The van der Waals surface area contributed by atoms with E-state index in [-0.39, 0.29) is 12.8 Å². The van der Waals surface area contributed by atoms with Crippen LogP contribution in [0, 0.1) is 5.92 Å². The number of methoxy groups -OCH3 is 1. The van der Waals surface area contributed by atoms with Gasteiger partial charge in [-0.3, -0.25) is 4.79 Å². The molecule has 1 aliphatic carbocycles. The predicted molar refractivity (Wildman–Crippen MR) is 70.1 cm³/mol. The van der Waals surface area contributed by atoms with E-state index in [0.29, 0.717) is 24.3 Å². The summed E-state index contributed by atoms with van der Waals surface area (Å²) in [6.07, 6.45) is -1.72. The van der Waals surface area contributed by atoms with E-state index >= 15 is 0 Å². The molecule has 0 aliphatic heterocycles. The largest absolute Gasteiger partial charge is 0.481 e. The highest BCUT2D eigenvalue weighted by Crippen LogP contribution is 2.37. The SMILES string of the molecule is COc1ccc(C(=O)N[C@H]2CCC[C@H](C(F)(F)F)C2)cn1. The van der Waals surface area contributed by atoms with Gasteiger partial charge in [-0.25, -0.2) is 4.98 Å². The summed E-state index contributed by atoms with van der Waals surface area (Å²) < 4.78 is 43.0. The first-order valence-corrected chi connectivity index (χ1v) is 6.77. The van der Waals surface area contributed by atoms with Crippen LogP contribution >= 0.6 is 0 Å². The van der Waals surface area contributed by atoms with Gasteiger partial charge in [0.1, 0.15) is 0 Å². The molecule has 0 saturated heterocycles. The Kier molecular flexibility index (Phi) is 4.69. The first-order valence-electron chi connectivity index (χ1n) is 6.77. The van der Waals surface area contributed by atoms with Crippen LogP contribution < -0.4 is 10.1 Å². The molecule has 1 fully saturated rings. The van der Waals surface area contributed by atoms with Crippen LogP contribution in [0.2, 0.25) is 0 Å². The van der Waals surface area contributed by atoms with Crippen molar-refractivity contribution in [2.75, 3.05) is 7.11 Å². The average molecular weight is 302 g/mol. The zero-order valence-corrected chi connectivity index (χ0v) is 11.6. The van der Waals surface area contributed by atoms with Gasteiger partial charge in [-0.2, -0.15) is 13.2 Å². The number of carbonyl (C=O) groups excluding carboxylic acids is 1. The Morgan fingerprint density at radius 1 is 1.38 bits per heavy atom. The minimum absolute atomic E-state index is 0.0567. The molecule has 1 aromatic rings. The zero-order valence-electron chi connectivity index (χ0n) is 11.6. The number of nitrogens with zero attached hydrogens (tertiary/aromatic N) is 1. The second-order valence-corrected chi connectivity index (χ2v) is 5.16. The van der Waals surface area contributed by atoms with E-state index in [1.165, 1.54) is 25.4 Å². The van der Waals surface area contributed by atoms with Crippen LogP contribution in [0.1, 0.15) is 36.0 Å². The van der Waals surface area contributed by atoms with E-state index in [4.69, 9.17) is 4.74 Å². The molecule has 2 rings (SSSR count). The molecule has 4 nitrogen and oxygen atoms in total. The summed E-state index contributed by atoms with van der Waals surface area (Å²) in [6, 6.07) is 2.62. The number of pyridine rings is 1. The first-order chi connectivity index (χ1) is 9.90. The Labute approximate surface area is 120 Å². The van der Waals surface area contributed by atoms with Crippen molar-refractivity contribution in [3.63, 3.8) is 0 Å². The van der Waals surface area contributed by atoms with Crippen molar-refractivity contribution in [3.8, 4) is 5.88 Å². The monoisotopic (exact) mass is 302 g/mol. The Hall–Kier alpha value is -1.79. The fourth-order valence-corrected chi connectivity index (χ4v) is 2.52. The van der Waals surface area contributed by atoms with Crippen LogP contribution in [0.3, 0.4) is 0 Å². The second kappa shape index (κ2) is 6.32. The summed E-state index contributed by atoms with van der Waals surface area (Å²) in [5.74, 6) is -1.36. The molecule has 21 heavy (non-hydrogen) atoms. The third kappa shape index (κ3) is 4.09. The molecular weight excluding hydrogens is 285 g/mol. The zero-order chi connectivity index (χ0) is 15.5. The number of hydrogen-bond acceptors (Lipinski definition) is 3. The molecular formula is C14H17F3N2O2. The Morgan fingerprint density at radius 2 is 2.14 bits per heavy atom. The molecule has 1 saturated carbocycles. The number of amides is 1. The Bertz CT molecular complexity index is 488. The molecule has 0 radical (unpaired) electrons. The van der Waals surface area contributed by atoms with Crippen LogP contribution in [-0.4, -0.2) is 30.2 Å². The summed E-state index contributed by atoms with van der Waals surface area (Å²) in [7, 11) is 1.46. The molecule has 1 heterocycles. The lowest BCUT2D eigenvalue weighted by atomic mass is 9.85. The van der Waals surface area contributed by atoms with Crippen LogP contribution in [0.4, 0.5) is 13.2 Å². The number of ether oxygens (including phenoxy) is 1. The quantitative estimate of drug-likeness (QED) is 0.934. The van der Waals surface area contributed by atoms with E-state index in [0.717, 1.165) is 0 Å². The summed E-state index contributed by atoms with van der Waals surface area (Å²) in [4.78, 5) is 15.9. The summed E-state index contributed by atoms with van der Waals surface area (Å²) in [6.45, 7) is 0. The van der Waals surface area contributed by atoms with Gasteiger partial charge in [-0.1, -0.05) is 6.42 Å².